The quantitative estimate of drug-likeness (QED) is 0.759. The molecule has 0 saturated heterocycles. The lowest BCUT2D eigenvalue weighted by Crippen LogP contribution is -2.12. The molecule has 3 rings (SSSR count). The third-order valence-corrected chi connectivity index (χ3v) is 4.40. The number of rotatable bonds is 5. The highest BCUT2D eigenvalue weighted by molar-refractivity contribution is 7.09. The molecule has 1 heterocycles. The van der Waals surface area contributed by atoms with E-state index in [9.17, 15) is 4.79 Å². The summed E-state index contributed by atoms with van der Waals surface area (Å²) in [6, 6.07) is 16.6. The van der Waals surface area contributed by atoms with Crippen LogP contribution in [0.3, 0.4) is 0 Å². The molecule has 0 spiro atoms. The van der Waals surface area contributed by atoms with E-state index in [1.54, 1.807) is 36.8 Å². The van der Waals surface area contributed by atoms with Gasteiger partial charge in [0.2, 0.25) is 0 Å². The van der Waals surface area contributed by atoms with Crippen molar-refractivity contribution < 1.29 is 9.53 Å². The zero-order valence-corrected chi connectivity index (χ0v) is 14.3. The number of thiazole rings is 1. The smallest absolute Gasteiger partial charge is 0.275 e. The molecule has 1 aromatic heterocycles. The minimum atomic E-state index is -0.285. The van der Waals surface area contributed by atoms with Crippen molar-refractivity contribution in [3.8, 4) is 11.8 Å². The number of hydrogen-bond donors (Lipinski definition) is 1. The molecule has 2 aromatic carbocycles. The van der Waals surface area contributed by atoms with E-state index < -0.39 is 0 Å². The summed E-state index contributed by atoms with van der Waals surface area (Å²) in [7, 11) is 1.63. The van der Waals surface area contributed by atoms with E-state index in [1.165, 1.54) is 11.3 Å². The number of benzene rings is 2. The third kappa shape index (κ3) is 4.22. The van der Waals surface area contributed by atoms with Crippen molar-refractivity contribution in [1.82, 2.24) is 4.98 Å². The molecule has 1 N–H and O–H groups in total. The van der Waals surface area contributed by atoms with Crippen LogP contribution in [-0.4, -0.2) is 18.0 Å². The Kier molecular flexibility index (Phi) is 5.07. The molecule has 0 bridgehead atoms. The van der Waals surface area contributed by atoms with Gasteiger partial charge in [0.05, 0.1) is 23.8 Å². The number of hydrogen-bond acceptors (Lipinski definition) is 5. The predicted octanol–water partition coefficient (Wildman–Crippen LogP) is 3.87. The lowest BCUT2D eigenvalue weighted by molar-refractivity contribution is 0.102. The Labute approximate surface area is 149 Å². The summed E-state index contributed by atoms with van der Waals surface area (Å²) in [5, 5.41) is 14.3. The molecule has 1 amide bonds. The minimum Gasteiger partial charge on any atom is -0.497 e. The van der Waals surface area contributed by atoms with Crippen molar-refractivity contribution in [2.75, 3.05) is 12.4 Å². The zero-order valence-electron chi connectivity index (χ0n) is 13.5. The third-order valence-electron chi connectivity index (χ3n) is 3.55. The molecule has 0 saturated carbocycles. The van der Waals surface area contributed by atoms with Gasteiger partial charge in [-0.3, -0.25) is 4.79 Å². The molecule has 0 radical (unpaired) electrons. The summed E-state index contributed by atoms with van der Waals surface area (Å²) >= 11 is 1.45. The van der Waals surface area contributed by atoms with Crippen molar-refractivity contribution in [3.05, 3.63) is 75.7 Å². The van der Waals surface area contributed by atoms with Crippen molar-refractivity contribution in [1.29, 1.82) is 5.26 Å². The zero-order chi connectivity index (χ0) is 17.6. The van der Waals surface area contributed by atoms with Gasteiger partial charge in [-0.05, 0) is 35.9 Å². The highest BCUT2D eigenvalue weighted by Crippen LogP contribution is 2.19. The topological polar surface area (TPSA) is 75.0 Å². The number of nitrogens with one attached hydrogen (secondary N) is 1. The van der Waals surface area contributed by atoms with Gasteiger partial charge in [0.15, 0.2) is 0 Å². The van der Waals surface area contributed by atoms with E-state index >= 15 is 0 Å². The second-order valence-electron chi connectivity index (χ2n) is 5.30. The van der Waals surface area contributed by atoms with Crippen LogP contribution in [0, 0.1) is 11.3 Å². The number of nitriles is 1. The molecule has 0 atom stereocenters. The molecule has 124 valence electrons. The van der Waals surface area contributed by atoms with E-state index in [2.05, 4.69) is 10.3 Å². The second-order valence-corrected chi connectivity index (χ2v) is 6.24. The number of carbonyl (C=O) groups excluding carboxylic acids is 1. The molecule has 5 nitrogen and oxygen atoms in total. The maximum absolute atomic E-state index is 12.3. The highest BCUT2D eigenvalue weighted by atomic mass is 32.1. The number of anilines is 1. The van der Waals surface area contributed by atoms with Crippen molar-refractivity contribution >= 4 is 22.9 Å². The average Bonchev–Trinajstić information content (AvgIpc) is 3.11. The molecular formula is C19H15N3O2S. The molecule has 0 aliphatic rings. The van der Waals surface area contributed by atoms with Crippen molar-refractivity contribution in [2.45, 2.75) is 6.42 Å². The van der Waals surface area contributed by atoms with Crippen LogP contribution >= 0.6 is 11.3 Å². The van der Waals surface area contributed by atoms with Crippen LogP contribution in [0.15, 0.2) is 53.9 Å². The molecule has 0 unspecified atom stereocenters. The van der Waals surface area contributed by atoms with E-state index in [4.69, 9.17) is 10.00 Å². The van der Waals surface area contributed by atoms with Crippen LogP contribution < -0.4 is 10.1 Å². The lowest BCUT2D eigenvalue weighted by Gasteiger charge is -2.03. The fourth-order valence-electron chi connectivity index (χ4n) is 2.28. The number of carbonyl (C=O) groups is 1. The lowest BCUT2D eigenvalue weighted by atomic mass is 10.1. The van der Waals surface area contributed by atoms with Crippen molar-refractivity contribution in [2.24, 2.45) is 0 Å². The Hall–Kier alpha value is -3.17. The van der Waals surface area contributed by atoms with Gasteiger partial charge in [-0.25, -0.2) is 4.98 Å². The maximum Gasteiger partial charge on any atom is 0.275 e. The maximum atomic E-state index is 12.3. The van der Waals surface area contributed by atoms with Gasteiger partial charge in [0.25, 0.3) is 5.91 Å². The van der Waals surface area contributed by atoms with Gasteiger partial charge in [0, 0.05) is 17.5 Å². The molecule has 0 aliphatic carbocycles. The standard InChI is InChI=1S/C19H15N3O2S/c1-24-16-7-5-13(6-8-16)10-18-22-17(12-25-18)19(23)21-15-4-2-3-14(9-15)11-20/h2-9,12H,10H2,1H3,(H,21,23). The van der Waals surface area contributed by atoms with Crippen LogP contribution in [-0.2, 0) is 6.42 Å². The summed E-state index contributed by atoms with van der Waals surface area (Å²) in [5.41, 5.74) is 2.55. The summed E-state index contributed by atoms with van der Waals surface area (Å²) in [6.07, 6.45) is 0.659. The summed E-state index contributed by atoms with van der Waals surface area (Å²) in [5.74, 6) is 0.523. The summed E-state index contributed by atoms with van der Waals surface area (Å²) in [4.78, 5) is 16.7. The largest absolute Gasteiger partial charge is 0.497 e. The molecule has 6 heteroatoms. The first-order chi connectivity index (χ1) is 12.2. The Morgan fingerprint density at radius 1 is 1.28 bits per heavy atom. The van der Waals surface area contributed by atoms with Crippen LogP contribution in [0.4, 0.5) is 5.69 Å². The fraction of sp³-hybridized carbons (Fsp3) is 0.105. The van der Waals surface area contributed by atoms with Crippen LogP contribution in [0.5, 0.6) is 5.75 Å². The van der Waals surface area contributed by atoms with Crippen LogP contribution in [0.1, 0.15) is 26.6 Å². The van der Waals surface area contributed by atoms with Gasteiger partial charge in [-0.1, -0.05) is 18.2 Å². The average molecular weight is 349 g/mol. The number of amides is 1. The van der Waals surface area contributed by atoms with Crippen LogP contribution in [0.2, 0.25) is 0 Å². The summed E-state index contributed by atoms with van der Waals surface area (Å²) < 4.78 is 5.14. The number of ether oxygens (including phenoxy) is 1. The molecule has 3 aromatic rings. The van der Waals surface area contributed by atoms with Gasteiger partial charge < -0.3 is 10.1 Å². The molecular weight excluding hydrogens is 334 g/mol. The van der Waals surface area contributed by atoms with E-state index in [0.29, 0.717) is 23.4 Å². The van der Waals surface area contributed by atoms with E-state index in [1.807, 2.05) is 30.3 Å². The molecule has 0 aliphatic heterocycles. The highest BCUT2D eigenvalue weighted by Gasteiger charge is 2.12. The fourth-order valence-corrected chi connectivity index (χ4v) is 3.08. The second kappa shape index (κ2) is 7.60. The number of nitrogens with zero attached hydrogens (tertiary/aromatic N) is 2. The van der Waals surface area contributed by atoms with Gasteiger partial charge in [-0.15, -0.1) is 11.3 Å². The van der Waals surface area contributed by atoms with Crippen molar-refractivity contribution in [3.63, 3.8) is 0 Å². The van der Waals surface area contributed by atoms with E-state index in [0.717, 1.165) is 16.3 Å². The SMILES string of the molecule is COc1ccc(Cc2nc(C(=O)Nc3cccc(C#N)c3)cs2)cc1. The number of aromatic nitrogens is 1. The summed E-state index contributed by atoms with van der Waals surface area (Å²) in [6.45, 7) is 0. The monoisotopic (exact) mass is 349 g/mol. The van der Waals surface area contributed by atoms with Gasteiger partial charge >= 0.3 is 0 Å². The Morgan fingerprint density at radius 3 is 2.80 bits per heavy atom. The Bertz CT molecular complexity index is 926. The van der Waals surface area contributed by atoms with Crippen LogP contribution in [0.25, 0.3) is 0 Å². The minimum absolute atomic E-state index is 0.285. The van der Waals surface area contributed by atoms with Gasteiger partial charge in [-0.2, -0.15) is 5.26 Å². The Morgan fingerprint density at radius 2 is 2.08 bits per heavy atom. The molecule has 0 fully saturated rings. The molecule has 25 heavy (non-hydrogen) atoms. The first-order valence-electron chi connectivity index (χ1n) is 7.57. The predicted molar refractivity (Wildman–Crippen MR) is 97.0 cm³/mol. The van der Waals surface area contributed by atoms with Gasteiger partial charge in [0.1, 0.15) is 11.4 Å². The number of methoxy groups -OCH3 is 1. The normalized spacial score (nSPS) is 10.1. The first-order valence-corrected chi connectivity index (χ1v) is 8.45. The first kappa shape index (κ1) is 16.7. The Balaban J connectivity index is 1.67. The van der Waals surface area contributed by atoms with E-state index in [-0.39, 0.29) is 5.91 Å².